The summed E-state index contributed by atoms with van der Waals surface area (Å²) in [6.45, 7) is 8.58. The van der Waals surface area contributed by atoms with Crippen molar-refractivity contribution in [2.75, 3.05) is 0 Å². The molecule has 2 atom stereocenters. The third-order valence-electron chi connectivity index (χ3n) is 7.73. The molecule has 0 amide bonds. The molecular weight excluding hydrogens is 412 g/mol. The molecule has 192 valence electrons. The Balaban J connectivity index is 2.33. The Hall–Kier alpha value is -1.32. The first-order valence-corrected chi connectivity index (χ1v) is 13.8. The van der Waals surface area contributed by atoms with E-state index in [1.165, 1.54) is 64.2 Å². The van der Waals surface area contributed by atoms with Crippen molar-refractivity contribution in [1.82, 2.24) is 0 Å². The van der Waals surface area contributed by atoms with E-state index in [2.05, 4.69) is 13.8 Å². The third-order valence-corrected chi connectivity index (χ3v) is 7.73. The van der Waals surface area contributed by atoms with Crippen LogP contribution in [0.2, 0.25) is 0 Å². The molecule has 0 fully saturated rings. The first-order valence-electron chi connectivity index (χ1n) is 13.8. The SMILES string of the molecule is CC(C)CCCCCCCCCCCCCCC1(C(=O)O)CC=CCC1(CC(C)C)C(=O)O. The van der Waals surface area contributed by atoms with Crippen molar-refractivity contribution in [3.63, 3.8) is 0 Å². The average Bonchev–Trinajstić information content (AvgIpc) is 2.74. The van der Waals surface area contributed by atoms with Crippen molar-refractivity contribution in [2.45, 2.75) is 137 Å². The van der Waals surface area contributed by atoms with Gasteiger partial charge in [-0.15, -0.1) is 0 Å². The summed E-state index contributed by atoms with van der Waals surface area (Å²) in [6, 6.07) is 0. The molecule has 0 radical (unpaired) electrons. The number of hydrogen-bond donors (Lipinski definition) is 2. The molecule has 1 rings (SSSR count). The Morgan fingerprint density at radius 2 is 1.03 bits per heavy atom. The topological polar surface area (TPSA) is 74.6 Å². The van der Waals surface area contributed by atoms with Crippen molar-refractivity contribution in [2.24, 2.45) is 22.7 Å². The minimum absolute atomic E-state index is 0.145. The van der Waals surface area contributed by atoms with E-state index < -0.39 is 22.8 Å². The van der Waals surface area contributed by atoms with E-state index in [1.807, 2.05) is 26.0 Å². The second kappa shape index (κ2) is 15.6. The van der Waals surface area contributed by atoms with Crippen LogP contribution in [0.15, 0.2) is 12.2 Å². The molecule has 33 heavy (non-hydrogen) atoms. The van der Waals surface area contributed by atoms with Crippen molar-refractivity contribution in [3.05, 3.63) is 12.2 Å². The summed E-state index contributed by atoms with van der Waals surface area (Å²) in [5.41, 5.74) is -2.39. The lowest BCUT2D eigenvalue weighted by atomic mass is 9.53. The molecule has 2 N–H and O–H groups in total. The average molecular weight is 465 g/mol. The van der Waals surface area contributed by atoms with Crippen molar-refractivity contribution in [1.29, 1.82) is 0 Å². The summed E-state index contributed by atoms with van der Waals surface area (Å²) in [5.74, 6) is -0.896. The Morgan fingerprint density at radius 3 is 1.42 bits per heavy atom. The Labute approximate surface area is 203 Å². The molecule has 0 aliphatic heterocycles. The predicted octanol–water partition coefficient (Wildman–Crippen LogP) is 8.64. The Morgan fingerprint density at radius 1 is 0.636 bits per heavy atom. The van der Waals surface area contributed by atoms with Gasteiger partial charge in [0, 0.05) is 0 Å². The lowest BCUT2D eigenvalue weighted by Gasteiger charge is -2.47. The van der Waals surface area contributed by atoms with E-state index >= 15 is 0 Å². The van der Waals surface area contributed by atoms with Crippen LogP contribution in [0.3, 0.4) is 0 Å². The lowest BCUT2D eigenvalue weighted by molar-refractivity contribution is -0.178. The third kappa shape index (κ3) is 9.45. The number of aliphatic carboxylic acids is 2. The van der Waals surface area contributed by atoms with Crippen LogP contribution in [0.4, 0.5) is 0 Å². The van der Waals surface area contributed by atoms with Crippen LogP contribution in [-0.4, -0.2) is 22.2 Å². The fourth-order valence-corrected chi connectivity index (χ4v) is 5.80. The van der Waals surface area contributed by atoms with Gasteiger partial charge in [-0.05, 0) is 37.5 Å². The summed E-state index contributed by atoms with van der Waals surface area (Å²) >= 11 is 0. The van der Waals surface area contributed by atoms with Crippen LogP contribution in [0.5, 0.6) is 0 Å². The fraction of sp³-hybridized carbons (Fsp3) is 0.862. The molecule has 0 saturated carbocycles. The molecule has 1 aliphatic rings. The van der Waals surface area contributed by atoms with Crippen molar-refractivity contribution >= 4 is 11.9 Å². The van der Waals surface area contributed by atoms with Gasteiger partial charge in [0.05, 0.1) is 10.8 Å². The standard InChI is InChI=1S/C29H52O4/c1-24(2)19-15-13-11-9-7-5-6-8-10-12-14-16-20-28(26(30)31)21-17-18-22-29(28,27(32)33)23-25(3)4/h17-18,24-25H,5-16,19-23H2,1-4H3,(H,30,31)(H,32,33). The van der Waals surface area contributed by atoms with Gasteiger partial charge < -0.3 is 10.2 Å². The van der Waals surface area contributed by atoms with Crippen molar-refractivity contribution in [3.8, 4) is 0 Å². The van der Waals surface area contributed by atoms with E-state index in [0.29, 0.717) is 25.7 Å². The molecule has 0 aromatic rings. The normalized spacial score (nSPS) is 22.8. The first-order chi connectivity index (χ1) is 15.7. The molecule has 0 heterocycles. The molecule has 1 aliphatic carbocycles. The highest BCUT2D eigenvalue weighted by atomic mass is 16.4. The molecule has 0 aromatic carbocycles. The van der Waals surface area contributed by atoms with E-state index in [-0.39, 0.29) is 5.92 Å². The molecule has 4 nitrogen and oxygen atoms in total. The fourth-order valence-electron chi connectivity index (χ4n) is 5.80. The van der Waals surface area contributed by atoms with Crippen LogP contribution in [0, 0.1) is 22.7 Å². The molecule has 0 aromatic heterocycles. The smallest absolute Gasteiger partial charge is 0.311 e. The Kier molecular flexibility index (Phi) is 14.0. The summed E-state index contributed by atoms with van der Waals surface area (Å²) in [5, 5.41) is 20.4. The minimum Gasteiger partial charge on any atom is -0.481 e. The van der Waals surface area contributed by atoms with Crippen LogP contribution < -0.4 is 0 Å². The monoisotopic (exact) mass is 464 g/mol. The summed E-state index contributed by atoms with van der Waals surface area (Å²) in [6.07, 6.45) is 21.5. The van der Waals surface area contributed by atoms with E-state index in [0.717, 1.165) is 25.2 Å². The zero-order valence-electron chi connectivity index (χ0n) is 22.0. The predicted molar refractivity (Wildman–Crippen MR) is 137 cm³/mol. The van der Waals surface area contributed by atoms with Crippen LogP contribution in [0.25, 0.3) is 0 Å². The highest BCUT2D eigenvalue weighted by Gasteiger charge is 2.60. The van der Waals surface area contributed by atoms with Gasteiger partial charge in [0.1, 0.15) is 0 Å². The summed E-state index contributed by atoms with van der Waals surface area (Å²) in [4.78, 5) is 24.9. The number of carboxylic acid groups (broad SMARTS) is 2. The molecular formula is C29H52O4. The zero-order chi connectivity index (χ0) is 24.7. The lowest BCUT2D eigenvalue weighted by Crippen LogP contribution is -2.54. The van der Waals surface area contributed by atoms with E-state index in [4.69, 9.17) is 0 Å². The first kappa shape index (κ1) is 29.7. The highest BCUT2D eigenvalue weighted by Crippen LogP contribution is 2.55. The maximum Gasteiger partial charge on any atom is 0.311 e. The van der Waals surface area contributed by atoms with Gasteiger partial charge in [0.2, 0.25) is 0 Å². The van der Waals surface area contributed by atoms with E-state index in [1.54, 1.807) is 0 Å². The van der Waals surface area contributed by atoms with Gasteiger partial charge in [0.15, 0.2) is 0 Å². The number of allylic oxidation sites excluding steroid dienone is 2. The summed E-state index contributed by atoms with van der Waals surface area (Å²) < 4.78 is 0. The van der Waals surface area contributed by atoms with Gasteiger partial charge in [-0.1, -0.05) is 123 Å². The minimum atomic E-state index is -1.20. The molecule has 2 unspecified atom stereocenters. The highest BCUT2D eigenvalue weighted by molar-refractivity contribution is 5.87. The number of carboxylic acids is 2. The molecule has 0 spiro atoms. The van der Waals surface area contributed by atoms with Crippen LogP contribution in [0.1, 0.15) is 137 Å². The number of carbonyl (C=O) groups is 2. The van der Waals surface area contributed by atoms with E-state index in [9.17, 15) is 19.8 Å². The molecule has 4 heteroatoms. The van der Waals surface area contributed by atoms with Gasteiger partial charge in [-0.3, -0.25) is 9.59 Å². The largest absolute Gasteiger partial charge is 0.481 e. The Bertz CT molecular complexity index is 594. The number of hydrogen-bond acceptors (Lipinski definition) is 2. The maximum atomic E-state index is 12.5. The second-order valence-corrected chi connectivity index (χ2v) is 11.4. The van der Waals surface area contributed by atoms with Crippen molar-refractivity contribution < 1.29 is 19.8 Å². The number of unbranched alkanes of at least 4 members (excludes halogenated alkanes) is 11. The van der Waals surface area contributed by atoms with Gasteiger partial charge in [-0.25, -0.2) is 0 Å². The molecule has 0 saturated heterocycles. The van der Waals surface area contributed by atoms with Gasteiger partial charge in [-0.2, -0.15) is 0 Å². The number of rotatable bonds is 19. The van der Waals surface area contributed by atoms with Gasteiger partial charge >= 0.3 is 11.9 Å². The maximum absolute atomic E-state index is 12.5. The van der Waals surface area contributed by atoms with Crippen LogP contribution in [-0.2, 0) is 9.59 Å². The van der Waals surface area contributed by atoms with Gasteiger partial charge in [0.25, 0.3) is 0 Å². The summed E-state index contributed by atoms with van der Waals surface area (Å²) in [7, 11) is 0. The zero-order valence-corrected chi connectivity index (χ0v) is 22.0. The molecule has 0 bridgehead atoms. The van der Waals surface area contributed by atoms with Crippen LogP contribution >= 0.6 is 0 Å². The quantitative estimate of drug-likeness (QED) is 0.148. The second-order valence-electron chi connectivity index (χ2n) is 11.4.